The Balaban J connectivity index is 1.49. The average Bonchev–Trinajstić information content (AvgIpc) is 3.08. The summed E-state index contributed by atoms with van der Waals surface area (Å²) in [5.74, 6) is -1.72. The number of nitrogens with zero attached hydrogens (tertiary/aromatic N) is 1. The predicted molar refractivity (Wildman–Crippen MR) is 111 cm³/mol. The van der Waals surface area contributed by atoms with E-state index in [1.54, 1.807) is 0 Å². The highest BCUT2D eigenvalue weighted by molar-refractivity contribution is 6.37. The van der Waals surface area contributed by atoms with Crippen LogP contribution in [0.4, 0.5) is 8.78 Å². The average molecular weight is 424 g/mol. The molecular formula is C23H28ClF2NO2. The van der Waals surface area contributed by atoms with Crippen LogP contribution in [0.2, 0.25) is 5.02 Å². The van der Waals surface area contributed by atoms with Crippen molar-refractivity contribution in [2.75, 3.05) is 13.2 Å². The molecule has 0 bridgehead atoms. The molecule has 1 saturated carbocycles. The lowest BCUT2D eigenvalue weighted by Crippen LogP contribution is -2.24. The molecule has 2 aromatic rings. The Kier molecular flexibility index (Phi) is 6.26. The number of Topliss-reactive ketones (excluding diaryl/α,β-unsaturated/α-hetero) is 1. The van der Waals surface area contributed by atoms with Crippen molar-refractivity contribution >= 4 is 28.3 Å². The molecule has 6 heteroatoms. The number of rotatable bonds is 6. The number of aromatic nitrogens is 1. The Morgan fingerprint density at radius 3 is 2.59 bits per heavy atom. The molecule has 1 saturated heterocycles. The van der Waals surface area contributed by atoms with Crippen LogP contribution < -0.4 is 0 Å². The number of fused-ring (bicyclic) bond motifs is 1. The SMILES string of the molecule is O=C(CCC1CCC(F)(F)CC1)c1cn(CC2CCOCC2)c2cccc(Cl)c12. The van der Waals surface area contributed by atoms with Crippen LogP contribution in [0.1, 0.15) is 61.7 Å². The van der Waals surface area contributed by atoms with Gasteiger partial charge in [-0.25, -0.2) is 8.78 Å². The van der Waals surface area contributed by atoms with Crippen LogP contribution in [0.3, 0.4) is 0 Å². The second-order valence-electron chi connectivity index (χ2n) is 8.65. The van der Waals surface area contributed by atoms with Crippen LogP contribution in [-0.2, 0) is 11.3 Å². The number of halogens is 3. The molecule has 158 valence electrons. The lowest BCUT2D eigenvalue weighted by Gasteiger charge is -2.27. The van der Waals surface area contributed by atoms with E-state index in [4.69, 9.17) is 16.3 Å². The highest BCUT2D eigenvalue weighted by Gasteiger charge is 2.35. The Bertz CT molecular complexity index is 863. The van der Waals surface area contributed by atoms with Crippen LogP contribution in [0.25, 0.3) is 10.9 Å². The normalized spacial score (nSPS) is 20.9. The summed E-state index contributed by atoms with van der Waals surface area (Å²) in [6.45, 7) is 2.43. The zero-order valence-corrected chi connectivity index (χ0v) is 17.4. The van der Waals surface area contributed by atoms with E-state index in [2.05, 4.69) is 4.57 Å². The van der Waals surface area contributed by atoms with Gasteiger partial charge in [-0.15, -0.1) is 0 Å². The minimum Gasteiger partial charge on any atom is -0.381 e. The summed E-state index contributed by atoms with van der Waals surface area (Å²) in [5.41, 5.74) is 1.66. The third kappa shape index (κ3) is 4.83. The van der Waals surface area contributed by atoms with E-state index in [9.17, 15) is 13.6 Å². The summed E-state index contributed by atoms with van der Waals surface area (Å²) in [4.78, 5) is 13.0. The van der Waals surface area contributed by atoms with Crippen molar-refractivity contribution < 1.29 is 18.3 Å². The molecule has 0 N–H and O–H groups in total. The molecule has 2 aliphatic rings. The van der Waals surface area contributed by atoms with Crippen LogP contribution in [-0.4, -0.2) is 29.5 Å². The summed E-state index contributed by atoms with van der Waals surface area (Å²) in [6.07, 6.45) is 5.96. The second-order valence-corrected chi connectivity index (χ2v) is 9.05. The van der Waals surface area contributed by atoms with Crippen molar-refractivity contribution in [3.8, 4) is 0 Å². The number of hydrogen-bond acceptors (Lipinski definition) is 2. The van der Waals surface area contributed by atoms with Crippen molar-refractivity contribution in [1.82, 2.24) is 4.57 Å². The molecule has 1 aromatic carbocycles. The molecule has 0 unspecified atom stereocenters. The van der Waals surface area contributed by atoms with Gasteiger partial charge in [0.2, 0.25) is 5.92 Å². The molecule has 3 nitrogen and oxygen atoms in total. The van der Waals surface area contributed by atoms with Gasteiger partial charge in [-0.1, -0.05) is 17.7 Å². The van der Waals surface area contributed by atoms with Crippen molar-refractivity contribution in [2.45, 2.75) is 63.8 Å². The largest absolute Gasteiger partial charge is 0.381 e. The number of ketones is 1. The Hall–Kier alpha value is -1.46. The zero-order valence-electron chi connectivity index (χ0n) is 16.6. The number of alkyl halides is 2. The van der Waals surface area contributed by atoms with Crippen LogP contribution in [0, 0.1) is 11.8 Å². The monoisotopic (exact) mass is 423 g/mol. The van der Waals surface area contributed by atoms with Crippen LogP contribution in [0.5, 0.6) is 0 Å². The van der Waals surface area contributed by atoms with E-state index in [0.29, 0.717) is 42.2 Å². The van der Waals surface area contributed by atoms with Crippen molar-refractivity contribution in [3.05, 3.63) is 35.0 Å². The third-order valence-corrected chi connectivity index (χ3v) is 6.88. The fourth-order valence-electron chi connectivity index (χ4n) is 4.74. The summed E-state index contributed by atoms with van der Waals surface area (Å²) >= 11 is 6.47. The molecule has 2 heterocycles. The van der Waals surface area contributed by atoms with Gasteiger partial charge >= 0.3 is 0 Å². The van der Waals surface area contributed by atoms with Gasteiger partial charge in [-0.3, -0.25) is 4.79 Å². The van der Waals surface area contributed by atoms with Crippen molar-refractivity contribution in [3.63, 3.8) is 0 Å². The molecule has 2 fully saturated rings. The third-order valence-electron chi connectivity index (χ3n) is 6.57. The lowest BCUT2D eigenvalue weighted by molar-refractivity contribution is -0.0464. The van der Waals surface area contributed by atoms with Crippen LogP contribution in [0.15, 0.2) is 24.4 Å². The molecule has 1 aliphatic carbocycles. The number of carbonyl (C=O) groups excluding carboxylic acids is 1. The summed E-state index contributed by atoms with van der Waals surface area (Å²) < 4.78 is 34.3. The molecule has 0 radical (unpaired) electrons. The highest BCUT2D eigenvalue weighted by Crippen LogP contribution is 2.38. The van der Waals surface area contributed by atoms with Gasteiger partial charge in [0.1, 0.15) is 0 Å². The fraction of sp³-hybridized carbons (Fsp3) is 0.609. The first kappa shape index (κ1) is 20.8. The Morgan fingerprint density at radius 1 is 1.14 bits per heavy atom. The summed E-state index contributed by atoms with van der Waals surface area (Å²) in [5, 5.41) is 1.41. The molecule has 1 aliphatic heterocycles. The summed E-state index contributed by atoms with van der Waals surface area (Å²) in [6, 6.07) is 5.75. The summed E-state index contributed by atoms with van der Waals surface area (Å²) in [7, 11) is 0. The Morgan fingerprint density at radius 2 is 1.86 bits per heavy atom. The first-order chi connectivity index (χ1) is 13.9. The number of benzene rings is 1. The number of ether oxygens (including phenoxy) is 1. The molecule has 0 spiro atoms. The van der Waals surface area contributed by atoms with Gasteiger partial charge in [-0.2, -0.15) is 0 Å². The predicted octanol–water partition coefficient (Wildman–Crippen LogP) is 6.51. The smallest absolute Gasteiger partial charge is 0.248 e. The molecule has 4 rings (SSSR count). The topological polar surface area (TPSA) is 31.2 Å². The molecule has 1 aromatic heterocycles. The van der Waals surface area contributed by atoms with Gasteiger partial charge < -0.3 is 9.30 Å². The fourth-order valence-corrected chi connectivity index (χ4v) is 5.01. The molecule has 0 atom stereocenters. The maximum absolute atomic E-state index is 13.4. The first-order valence-corrected chi connectivity index (χ1v) is 11.1. The molecule has 29 heavy (non-hydrogen) atoms. The van der Waals surface area contributed by atoms with Crippen molar-refractivity contribution in [1.29, 1.82) is 0 Å². The van der Waals surface area contributed by atoms with Crippen molar-refractivity contribution in [2.24, 2.45) is 11.8 Å². The standard InChI is InChI=1S/C23H28ClF2NO2/c24-19-2-1-3-20-22(19)18(15-27(20)14-17-8-12-29-13-9-17)21(28)5-4-16-6-10-23(25,26)11-7-16/h1-3,15-17H,4-14H2. The van der Waals surface area contributed by atoms with Gasteiger partial charge in [0.15, 0.2) is 5.78 Å². The van der Waals surface area contributed by atoms with E-state index in [1.807, 2.05) is 24.4 Å². The maximum Gasteiger partial charge on any atom is 0.248 e. The van der Waals surface area contributed by atoms with Gasteiger partial charge in [-0.05, 0) is 56.1 Å². The Labute approximate surface area is 175 Å². The molecule has 0 amide bonds. The minimum absolute atomic E-state index is 0.0535. The molecular weight excluding hydrogens is 396 g/mol. The van der Waals surface area contributed by atoms with Gasteiger partial charge in [0.05, 0.1) is 10.5 Å². The van der Waals surface area contributed by atoms with E-state index >= 15 is 0 Å². The minimum atomic E-state index is -2.52. The zero-order chi connectivity index (χ0) is 20.4. The maximum atomic E-state index is 13.4. The van der Waals surface area contributed by atoms with Crippen LogP contribution >= 0.6 is 11.6 Å². The van der Waals surface area contributed by atoms with E-state index in [0.717, 1.165) is 43.5 Å². The quantitative estimate of drug-likeness (QED) is 0.496. The van der Waals surface area contributed by atoms with Gasteiger partial charge in [0, 0.05) is 56.2 Å². The lowest BCUT2D eigenvalue weighted by atomic mass is 9.83. The van der Waals surface area contributed by atoms with E-state index in [-0.39, 0.29) is 24.5 Å². The number of carbonyl (C=O) groups is 1. The van der Waals surface area contributed by atoms with E-state index in [1.165, 1.54) is 0 Å². The highest BCUT2D eigenvalue weighted by atomic mass is 35.5. The first-order valence-electron chi connectivity index (χ1n) is 10.7. The second kappa shape index (κ2) is 8.73. The number of hydrogen-bond donors (Lipinski definition) is 0. The van der Waals surface area contributed by atoms with Gasteiger partial charge in [0.25, 0.3) is 0 Å². The van der Waals surface area contributed by atoms with E-state index < -0.39 is 5.92 Å².